The maximum atomic E-state index is 10.8. The lowest BCUT2D eigenvalue weighted by Gasteiger charge is -2.05. The lowest BCUT2D eigenvalue weighted by molar-refractivity contribution is 0.112. The summed E-state index contributed by atoms with van der Waals surface area (Å²) >= 11 is 0. The van der Waals surface area contributed by atoms with Crippen LogP contribution >= 0.6 is 0 Å². The summed E-state index contributed by atoms with van der Waals surface area (Å²) in [6.07, 6.45) is 0.786. The van der Waals surface area contributed by atoms with Gasteiger partial charge < -0.3 is 10.1 Å². The molecule has 84 valence electrons. The maximum Gasteiger partial charge on any atom is 0.153 e. The molecule has 1 N–H and O–H groups in total. The SMILES string of the molecule is CCOc1ccc(C#CCNC)cc1C=O. The quantitative estimate of drug-likeness (QED) is 0.613. The molecule has 0 bridgehead atoms. The van der Waals surface area contributed by atoms with Gasteiger partial charge in [-0.3, -0.25) is 4.79 Å². The monoisotopic (exact) mass is 217 g/mol. The fourth-order valence-corrected chi connectivity index (χ4v) is 1.24. The molecule has 0 amide bonds. The number of carbonyl (C=O) groups excluding carboxylic acids is 1. The zero-order valence-electron chi connectivity index (χ0n) is 9.54. The van der Waals surface area contributed by atoms with E-state index in [2.05, 4.69) is 17.2 Å². The molecule has 0 aromatic heterocycles. The smallest absolute Gasteiger partial charge is 0.153 e. The Kier molecular flexibility index (Phi) is 5.10. The highest BCUT2D eigenvalue weighted by Crippen LogP contribution is 2.17. The fourth-order valence-electron chi connectivity index (χ4n) is 1.24. The summed E-state index contributed by atoms with van der Waals surface area (Å²) in [7, 11) is 1.84. The van der Waals surface area contributed by atoms with Crippen molar-refractivity contribution in [2.75, 3.05) is 20.2 Å². The first kappa shape index (κ1) is 12.3. The van der Waals surface area contributed by atoms with E-state index in [4.69, 9.17) is 4.74 Å². The highest BCUT2D eigenvalue weighted by molar-refractivity contribution is 5.80. The number of carbonyl (C=O) groups is 1. The molecule has 0 atom stereocenters. The standard InChI is InChI=1S/C13H15NO2/c1-3-16-13-7-6-11(5-4-8-14-2)9-12(13)10-15/h6-7,9-10,14H,3,8H2,1-2H3. The van der Waals surface area contributed by atoms with E-state index in [0.29, 0.717) is 24.5 Å². The van der Waals surface area contributed by atoms with E-state index in [-0.39, 0.29) is 0 Å². The van der Waals surface area contributed by atoms with Crippen LogP contribution in [0.4, 0.5) is 0 Å². The molecule has 1 aromatic rings. The summed E-state index contributed by atoms with van der Waals surface area (Å²) in [6.45, 7) is 3.06. The van der Waals surface area contributed by atoms with Crippen LogP contribution in [0.5, 0.6) is 5.75 Å². The molecule has 0 fully saturated rings. The Hall–Kier alpha value is -1.79. The number of benzene rings is 1. The lowest BCUT2D eigenvalue weighted by atomic mass is 10.1. The Balaban J connectivity index is 2.91. The molecule has 0 aliphatic carbocycles. The molecule has 3 heteroatoms. The van der Waals surface area contributed by atoms with Crippen molar-refractivity contribution in [2.45, 2.75) is 6.92 Å². The van der Waals surface area contributed by atoms with Gasteiger partial charge in [-0.2, -0.15) is 0 Å². The van der Waals surface area contributed by atoms with E-state index in [9.17, 15) is 4.79 Å². The molecule has 16 heavy (non-hydrogen) atoms. The Labute approximate surface area is 95.8 Å². The van der Waals surface area contributed by atoms with Gasteiger partial charge in [0.05, 0.1) is 18.7 Å². The van der Waals surface area contributed by atoms with Crippen molar-refractivity contribution < 1.29 is 9.53 Å². The Morgan fingerprint density at radius 2 is 2.31 bits per heavy atom. The van der Waals surface area contributed by atoms with Crippen LogP contribution in [0.25, 0.3) is 0 Å². The van der Waals surface area contributed by atoms with Gasteiger partial charge in [-0.1, -0.05) is 11.8 Å². The molecule has 3 nitrogen and oxygen atoms in total. The molecule has 0 aliphatic heterocycles. The van der Waals surface area contributed by atoms with Crippen LogP contribution in [0.15, 0.2) is 18.2 Å². The van der Waals surface area contributed by atoms with Crippen molar-refractivity contribution in [3.05, 3.63) is 29.3 Å². The number of rotatable bonds is 4. The molecule has 0 saturated heterocycles. The van der Waals surface area contributed by atoms with Gasteiger partial charge in [-0.25, -0.2) is 0 Å². The van der Waals surface area contributed by atoms with Gasteiger partial charge in [0.1, 0.15) is 5.75 Å². The van der Waals surface area contributed by atoms with E-state index in [1.54, 1.807) is 12.1 Å². The normalized spacial score (nSPS) is 9.12. The van der Waals surface area contributed by atoms with Gasteiger partial charge in [-0.05, 0) is 32.2 Å². The van der Waals surface area contributed by atoms with E-state index >= 15 is 0 Å². The van der Waals surface area contributed by atoms with E-state index in [0.717, 1.165) is 11.8 Å². The van der Waals surface area contributed by atoms with E-state index in [1.807, 2.05) is 20.0 Å². The predicted octanol–water partition coefficient (Wildman–Crippen LogP) is 1.47. The van der Waals surface area contributed by atoms with E-state index < -0.39 is 0 Å². The predicted molar refractivity (Wildman–Crippen MR) is 63.8 cm³/mol. The van der Waals surface area contributed by atoms with Gasteiger partial charge >= 0.3 is 0 Å². The van der Waals surface area contributed by atoms with E-state index in [1.165, 1.54) is 0 Å². The third kappa shape index (κ3) is 3.41. The van der Waals surface area contributed by atoms with Crippen LogP contribution < -0.4 is 10.1 Å². The molecular weight excluding hydrogens is 202 g/mol. The van der Waals surface area contributed by atoms with Crippen LogP contribution in [0.3, 0.4) is 0 Å². The molecule has 1 rings (SSSR count). The highest BCUT2D eigenvalue weighted by Gasteiger charge is 2.02. The topological polar surface area (TPSA) is 38.3 Å². The summed E-state index contributed by atoms with van der Waals surface area (Å²) in [6, 6.07) is 5.36. The van der Waals surface area contributed by atoms with Gasteiger partial charge in [0, 0.05) is 5.56 Å². The average Bonchev–Trinajstić information content (AvgIpc) is 2.31. The zero-order chi connectivity index (χ0) is 11.8. The molecule has 0 spiro atoms. The first-order chi connectivity index (χ1) is 7.81. The van der Waals surface area contributed by atoms with Crippen LogP contribution in [0, 0.1) is 11.8 Å². The van der Waals surface area contributed by atoms with Crippen molar-refractivity contribution in [1.29, 1.82) is 0 Å². The zero-order valence-corrected chi connectivity index (χ0v) is 9.54. The van der Waals surface area contributed by atoms with Crippen molar-refractivity contribution in [2.24, 2.45) is 0 Å². The highest BCUT2D eigenvalue weighted by atomic mass is 16.5. The minimum absolute atomic E-state index is 0.540. The Morgan fingerprint density at radius 1 is 1.50 bits per heavy atom. The van der Waals surface area contributed by atoms with Crippen LogP contribution in [0.1, 0.15) is 22.8 Å². The second kappa shape index (κ2) is 6.65. The van der Waals surface area contributed by atoms with Crippen molar-refractivity contribution in [3.8, 4) is 17.6 Å². The van der Waals surface area contributed by atoms with Gasteiger partial charge in [0.2, 0.25) is 0 Å². The van der Waals surface area contributed by atoms with Gasteiger partial charge in [0.15, 0.2) is 6.29 Å². The molecule has 0 aliphatic rings. The summed E-state index contributed by atoms with van der Waals surface area (Å²) in [4.78, 5) is 10.8. The second-order valence-corrected chi connectivity index (χ2v) is 3.14. The third-order valence-corrected chi connectivity index (χ3v) is 1.93. The largest absolute Gasteiger partial charge is 0.493 e. The number of ether oxygens (including phenoxy) is 1. The minimum Gasteiger partial charge on any atom is -0.493 e. The lowest BCUT2D eigenvalue weighted by Crippen LogP contribution is -2.04. The summed E-state index contributed by atoms with van der Waals surface area (Å²) in [5, 5.41) is 2.93. The molecular formula is C13H15NO2. The fraction of sp³-hybridized carbons (Fsp3) is 0.308. The first-order valence-corrected chi connectivity index (χ1v) is 5.17. The van der Waals surface area contributed by atoms with Crippen LogP contribution in [-0.4, -0.2) is 26.5 Å². The third-order valence-electron chi connectivity index (χ3n) is 1.93. The van der Waals surface area contributed by atoms with Crippen molar-refractivity contribution in [3.63, 3.8) is 0 Å². The average molecular weight is 217 g/mol. The summed E-state index contributed by atoms with van der Waals surface area (Å²) < 4.78 is 5.32. The van der Waals surface area contributed by atoms with Gasteiger partial charge in [-0.15, -0.1) is 0 Å². The second-order valence-electron chi connectivity index (χ2n) is 3.14. The van der Waals surface area contributed by atoms with Crippen molar-refractivity contribution >= 4 is 6.29 Å². The summed E-state index contributed by atoms with van der Waals surface area (Å²) in [5.41, 5.74) is 1.36. The number of hydrogen-bond donors (Lipinski definition) is 1. The maximum absolute atomic E-state index is 10.8. The van der Waals surface area contributed by atoms with Crippen LogP contribution in [-0.2, 0) is 0 Å². The van der Waals surface area contributed by atoms with Crippen LogP contribution in [0.2, 0.25) is 0 Å². The molecule has 0 saturated carbocycles. The Morgan fingerprint density at radius 3 is 2.94 bits per heavy atom. The number of nitrogens with one attached hydrogen (secondary N) is 1. The molecule has 0 radical (unpaired) electrons. The molecule has 1 aromatic carbocycles. The first-order valence-electron chi connectivity index (χ1n) is 5.17. The summed E-state index contributed by atoms with van der Waals surface area (Å²) in [5.74, 6) is 6.51. The number of aldehydes is 1. The van der Waals surface area contributed by atoms with Crippen molar-refractivity contribution in [1.82, 2.24) is 5.32 Å². The minimum atomic E-state index is 0.540. The molecule has 0 heterocycles. The Bertz CT molecular complexity index is 416. The number of hydrogen-bond acceptors (Lipinski definition) is 3. The van der Waals surface area contributed by atoms with Gasteiger partial charge in [0.25, 0.3) is 0 Å². The molecule has 0 unspecified atom stereocenters.